The number of hydrogen-bond acceptors (Lipinski definition) is 4. The van der Waals surface area contributed by atoms with Gasteiger partial charge in [-0.05, 0) is 37.0 Å². The van der Waals surface area contributed by atoms with E-state index < -0.39 is 0 Å². The first-order chi connectivity index (χ1) is 18.8. The average molecular weight is 535 g/mol. The van der Waals surface area contributed by atoms with E-state index in [0.29, 0.717) is 19.8 Å². The van der Waals surface area contributed by atoms with Gasteiger partial charge in [0.05, 0.1) is 26.4 Å². The largest absolute Gasteiger partial charge is 0.490 e. The summed E-state index contributed by atoms with van der Waals surface area (Å²) in [6, 6.07) is 3.86. The molecule has 0 fully saturated rings. The van der Waals surface area contributed by atoms with Crippen LogP contribution in [0.4, 0.5) is 0 Å². The molecule has 0 atom stereocenters. The zero-order valence-corrected chi connectivity index (χ0v) is 25.5. The minimum atomic E-state index is -0.0282. The van der Waals surface area contributed by atoms with Crippen molar-refractivity contribution in [2.45, 2.75) is 162 Å². The van der Waals surface area contributed by atoms with Crippen LogP contribution in [0, 0.1) is 0 Å². The van der Waals surface area contributed by atoms with Crippen molar-refractivity contribution >= 4 is 0 Å². The highest BCUT2D eigenvalue weighted by molar-refractivity contribution is 5.53. The van der Waals surface area contributed by atoms with Gasteiger partial charge in [0.2, 0.25) is 5.75 Å². The van der Waals surface area contributed by atoms with Gasteiger partial charge in [-0.1, -0.05) is 136 Å². The van der Waals surface area contributed by atoms with E-state index in [9.17, 15) is 5.11 Å². The lowest BCUT2D eigenvalue weighted by Crippen LogP contribution is -2.07. The fraction of sp³-hybridized carbons (Fsp3) is 0.824. The van der Waals surface area contributed by atoms with E-state index in [2.05, 4.69) is 20.8 Å². The molecule has 0 aliphatic rings. The van der Waals surface area contributed by atoms with Gasteiger partial charge in [0.1, 0.15) is 0 Å². The molecule has 1 N–H and O–H groups in total. The molecule has 222 valence electrons. The maximum atomic E-state index is 9.88. The minimum Gasteiger partial charge on any atom is -0.490 e. The van der Waals surface area contributed by atoms with E-state index in [4.69, 9.17) is 14.2 Å². The monoisotopic (exact) mass is 534 g/mol. The van der Waals surface area contributed by atoms with E-state index in [1.807, 2.05) is 12.1 Å². The van der Waals surface area contributed by atoms with Crippen molar-refractivity contribution in [2.75, 3.05) is 19.8 Å². The summed E-state index contributed by atoms with van der Waals surface area (Å²) in [7, 11) is 0. The summed E-state index contributed by atoms with van der Waals surface area (Å²) in [6.07, 6.45) is 26.4. The van der Waals surface area contributed by atoms with Crippen LogP contribution in [0.5, 0.6) is 17.2 Å². The van der Waals surface area contributed by atoms with Gasteiger partial charge in [-0.3, -0.25) is 0 Å². The first-order valence-electron chi connectivity index (χ1n) is 16.4. The van der Waals surface area contributed by atoms with Gasteiger partial charge in [0.25, 0.3) is 0 Å². The minimum absolute atomic E-state index is 0.0282. The molecule has 0 aromatic heterocycles. The lowest BCUT2D eigenvalue weighted by Gasteiger charge is -2.18. The Labute approximate surface area is 236 Å². The number of unbranched alkanes of at least 4 members (excludes halogenated alkanes) is 18. The average Bonchev–Trinajstić information content (AvgIpc) is 2.93. The zero-order valence-electron chi connectivity index (χ0n) is 25.5. The molecule has 0 bridgehead atoms. The van der Waals surface area contributed by atoms with Crippen molar-refractivity contribution in [3.05, 3.63) is 17.7 Å². The number of ether oxygens (including phenoxy) is 3. The molecule has 0 saturated carbocycles. The fourth-order valence-electron chi connectivity index (χ4n) is 4.79. The highest BCUT2D eigenvalue weighted by atomic mass is 16.5. The Kier molecular flexibility index (Phi) is 23.5. The summed E-state index contributed by atoms with van der Waals surface area (Å²) >= 11 is 0. The third-order valence-corrected chi connectivity index (χ3v) is 7.27. The summed E-state index contributed by atoms with van der Waals surface area (Å²) in [5, 5.41) is 9.88. The van der Waals surface area contributed by atoms with Crippen LogP contribution in [0.3, 0.4) is 0 Å². The Morgan fingerprint density at radius 3 is 1.11 bits per heavy atom. The Morgan fingerprint density at radius 1 is 0.447 bits per heavy atom. The predicted octanol–water partition coefficient (Wildman–Crippen LogP) is 10.6. The molecule has 4 nitrogen and oxygen atoms in total. The van der Waals surface area contributed by atoms with Gasteiger partial charge < -0.3 is 19.3 Å². The van der Waals surface area contributed by atoms with Crippen molar-refractivity contribution in [1.29, 1.82) is 0 Å². The van der Waals surface area contributed by atoms with Crippen LogP contribution < -0.4 is 14.2 Å². The van der Waals surface area contributed by atoms with Crippen molar-refractivity contribution in [3.8, 4) is 17.2 Å². The number of aliphatic hydroxyl groups excluding tert-OH is 1. The topological polar surface area (TPSA) is 47.9 Å². The summed E-state index contributed by atoms with van der Waals surface area (Å²) in [5.41, 5.74) is 0.817. The first kappa shape index (κ1) is 34.6. The molecule has 38 heavy (non-hydrogen) atoms. The van der Waals surface area contributed by atoms with Crippen molar-refractivity contribution in [1.82, 2.24) is 0 Å². The molecular formula is C34H62O4. The number of hydrogen-bond donors (Lipinski definition) is 1. The summed E-state index contributed by atoms with van der Waals surface area (Å²) in [4.78, 5) is 0. The Bertz CT molecular complexity index is 604. The van der Waals surface area contributed by atoms with Gasteiger partial charge in [0, 0.05) is 0 Å². The quantitative estimate of drug-likeness (QED) is 0.109. The Hall–Kier alpha value is -1.42. The van der Waals surface area contributed by atoms with E-state index in [1.54, 1.807) is 0 Å². The van der Waals surface area contributed by atoms with E-state index in [1.165, 1.54) is 116 Å². The molecule has 1 rings (SSSR count). The highest BCUT2D eigenvalue weighted by Gasteiger charge is 2.16. The predicted molar refractivity (Wildman–Crippen MR) is 163 cm³/mol. The van der Waals surface area contributed by atoms with Crippen molar-refractivity contribution in [3.63, 3.8) is 0 Å². The fourth-order valence-corrected chi connectivity index (χ4v) is 4.79. The molecule has 0 unspecified atom stereocenters. The summed E-state index contributed by atoms with van der Waals surface area (Å²) in [5.74, 6) is 2.17. The third-order valence-electron chi connectivity index (χ3n) is 7.27. The molecule has 0 spiro atoms. The van der Waals surface area contributed by atoms with Crippen LogP contribution in [0.1, 0.15) is 161 Å². The van der Waals surface area contributed by atoms with Crippen molar-refractivity contribution < 1.29 is 19.3 Å². The zero-order chi connectivity index (χ0) is 27.5. The van der Waals surface area contributed by atoms with Crippen molar-refractivity contribution in [2.24, 2.45) is 0 Å². The molecule has 1 aromatic rings. The molecular weight excluding hydrogens is 472 g/mol. The Morgan fingerprint density at radius 2 is 0.763 bits per heavy atom. The molecule has 0 aliphatic carbocycles. The van der Waals surface area contributed by atoms with E-state index in [0.717, 1.165) is 42.1 Å². The summed E-state index contributed by atoms with van der Waals surface area (Å²) in [6.45, 7) is 8.77. The number of rotatable bonds is 28. The second-order valence-corrected chi connectivity index (χ2v) is 11.0. The molecule has 0 heterocycles. The number of aliphatic hydroxyl groups is 1. The molecule has 0 radical (unpaired) electrons. The third kappa shape index (κ3) is 18.0. The van der Waals surface area contributed by atoms with Crippen LogP contribution in [0.25, 0.3) is 0 Å². The highest BCUT2D eigenvalue weighted by Crippen LogP contribution is 2.39. The van der Waals surface area contributed by atoms with Crippen LogP contribution in [0.15, 0.2) is 12.1 Å². The van der Waals surface area contributed by atoms with Gasteiger partial charge in [-0.25, -0.2) is 0 Å². The van der Waals surface area contributed by atoms with Crippen LogP contribution in [-0.4, -0.2) is 24.9 Å². The number of benzene rings is 1. The van der Waals surface area contributed by atoms with Gasteiger partial charge >= 0.3 is 0 Å². The normalized spacial score (nSPS) is 11.2. The maximum absolute atomic E-state index is 9.88. The Balaban J connectivity index is 2.64. The van der Waals surface area contributed by atoms with Gasteiger partial charge in [0.15, 0.2) is 11.5 Å². The summed E-state index contributed by atoms with van der Waals surface area (Å²) < 4.78 is 18.8. The second kappa shape index (κ2) is 25.8. The van der Waals surface area contributed by atoms with Gasteiger partial charge in [-0.15, -0.1) is 0 Å². The first-order valence-corrected chi connectivity index (χ1v) is 16.4. The molecule has 4 heteroatoms. The molecule has 0 aliphatic heterocycles. The van der Waals surface area contributed by atoms with Gasteiger partial charge in [-0.2, -0.15) is 0 Å². The van der Waals surface area contributed by atoms with Crippen LogP contribution in [-0.2, 0) is 6.61 Å². The lowest BCUT2D eigenvalue weighted by molar-refractivity contribution is 0.231. The molecule has 0 amide bonds. The van der Waals surface area contributed by atoms with E-state index >= 15 is 0 Å². The van der Waals surface area contributed by atoms with Crippen LogP contribution >= 0.6 is 0 Å². The lowest BCUT2D eigenvalue weighted by atomic mass is 10.1. The SMILES string of the molecule is CCCCCCCCCOc1cc(CO)cc(OCCCCCCCCC)c1OCCCCCCCCC. The van der Waals surface area contributed by atoms with E-state index in [-0.39, 0.29) is 6.61 Å². The molecule has 1 aromatic carbocycles. The van der Waals surface area contributed by atoms with Crippen LogP contribution in [0.2, 0.25) is 0 Å². The smallest absolute Gasteiger partial charge is 0.203 e. The standard InChI is InChI=1S/C34H62O4/c1-4-7-10-13-16-19-22-25-36-32-28-31(30-35)29-33(37-26-23-20-17-14-11-8-5-2)34(32)38-27-24-21-18-15-12-9-6-3/h28-29,35H,4-27,30H2,1-3H3. The molecule has 0 saturated heterocycles. The maximum Gasteiger partial charge on any atom is 0.203 e. The second-order valence-electron chi connectivity index (χ2n) is 11.0.